The number of aromatic nitrogens is 1. The second kappa shape index (κ2) is 7.87. The zero-order valence-electron chi connectivity index (χ0n) is 16.9. The van der Waals surface area contributed by atoms with Crippen molar-refractivity contribution >= 4 is 28.8 Å². The number of carbonyl (C=O) groups excluding carboxylic acids is 2. The molecule has 150 valence electrons. The minimum atomic E-state index is -1.18. The second-order valence-electron chi connectivity index (χ2n) is 7.41. The number of fused-ring (bicyclic) bond motifs is 1. The van der Waals surface area contributed by atoms with Crippen LogP contribution in [0.4, 0.5) is 5.69 Å². The Labute approximate surface area is 175 Å². The smallest absolute Gasteiger partial charge is 0.255 e. The van der Waals surface area contributed by atoms with Gasteiger partial charge in [0.05, 0.1) is 5.56 Å². The van der Waals surface area contributed by atoms with Gasteiger partial charge in [0, 0.05) is 42.4 Å². The number of nitrogens with one attached hydrogen (secondary N) is 2. The molecule has 2 N–H and O–H groups in total. The Morgan fingerprint density at radius 2 is 1.60 bits per heavy atom. The fraction of sp³-hybridized carbons (Fsp3) is 0.120. The highest BCUT2D eigenvalue weighted by molar-refractivity contribution is 6.01. The zero-order valence-corrected chi connectivity index (χ0v) is 16.9. The molecule has 0 bridgehead atoms. The van der Waals surface area contributed by atoms with E-state index in [-0.39, 0.29) is 5.91 Å². The maximum Gasteiger partial charge on any atom is 0.255 e. The van der Waals surface area contributed by atoms with E-state index >= 15 is 0 Å². The number of amides is 1. The zero-order chi connectivity index (χ0) is 21.1. The van der Waals surface area contributed by atoms with E-state index in [2.05, 4.69) is 10.3 Å². The third kappa shape index (κ3) is 3.24. The second-order valence-corrected chi connectivity index (χ2v) is 7.41. The maximum absolute atomic E-state index is 12.8. The molecule has 4 rings (SSSR count). The van der Waals surface area contributed by atoms with Crippen molar-refractivity contribution in [3.05, 3.63) is 102 Å². The Bertz CT molecular complexity index is 1200. The summed E-state index contributed by atoms with van der Waals surface area (Å²) < 4.78 is 0. The lowest BCUT2D eigenvalue weighted by molar-refractivity contribution is -0.110. The lowest BCUT2D eigenvalue weighted by atomic mass is 9.83. The number of aldehydes is 1. The lowest BCUT2D eigenvalue weighted by Gasteiger charge is -2.32. The van der Waals surface area contributed by atoms with E-state index in [9.17, 15) is 9.59 Å². The molecule has 0 fully saturated rings. The van der Waals surface area contributed by atoms with Crippen LogP contribution in [0.5, 0.6) is 0 Å². The summed E-state index contributed by atoms with van der Waals surface area (Å²) in [6, 6.07) is 24.7. The van der Waals surface area contributed by atoms with E-state index in [1.807, 2.05) is 79.0 Å². The van der Waals surface area contributed by atoms with Gasteiger partial charge >= 0.3 is 0 Å². The van der Waals surface area contributed by atoms with Crippen LogP contribution in [0.15, 0.2) is 85.1 Å². The van der Waals surface area contributed by atoms with Crippen molar-refractivity contribution in [2.24, 2.45) is 0 Å². The Morgan fingerprint density at radius 1 is 0.933 bits per heavy atom. The number of aromatic amines is 1. The van der Waals surface area contributed by atoms with E-state index in [0.29, 0.717) is 11.3 Å². The number of anilines is 1. The van der Waals surface area contributed by atoms with E-state index < -0.39 is 5.54 Å². The predicted octanol–water partition coefficient (Wildman–Crippen LogP) is 4.42. The predicted molar refractivity (Wildman–Crippen MR) is 120 cm³/mol. The molecule has 0 radical (unpaired) electrons. The van der Waals surface area contributed by atoms with Crippen molar-refractivity contribution in [2.75, 3.05) is 19.4 Å². The number of para-hydroxylation sites is 2. The van der Waals surface area contributed by atoms with Gasteiger partial charge in [0.25, 0.3) is 5.91 Å². The molecule has 1 heterocycles. The quantitative estimate of drug-likeness (QED) is 0.473. The van der Waals surface area contributed by atoms with Crippen LogP contribution >= 0.6 is 0 Å². The monoisotopic (exact) mass is 397 g/mol. The van der Waals surface area contributed by atoms with Crippen molar-refractivity contribution in [1.82, 2.24) is 9.88 Å². The molecule has 1 aromatic heterocycles. The number of benzene rings is 3. The Kier molecular flexibility index (Phi) is 5.11. The minimum Gasteiger partial charge on any atom is -0.365 e. The molecule has 30 heavy (non-hydrogen) atoms. The average Bonchev–Trinajstić information content (AvgIpc) is 3.22. The molecule has 5 nitrogen and oxygen atoms in total. The summed E-state index contributed by atoms with van der Waals surface area (Å²) in [6.45, 7) is 0. The van der Waals surface area contributed by atoms with E-state index in [1.165, 1.54) is 4.90 Å². The van der Waals surface area contributed by atoms with E-state index in [0.717, 1.165) is 28.3 Å². The van der Waals surface area contributed by atoms with Gasteiger partial charge in [-0.2, -0.15) is 0 Å². The number of rotatable bonds is 6. The SMILES string of the molecule is CN(C)C(=O)c1ccccc1NC(C=O)(c1ccccc1)c1c[nH]c2ccccc12. The van der Waals surface area contributed by atoms with Crippen molar-refractivity contribution < 1.29 is 9.59 Å². The van der Waals surface area contributed by atoms with Crippen LogP contribution in [0.2, 0.25) is 0 Å². The van der Waals surface area contributed by atoms with Crippen molar-refractivity contribution in [3.63, 3.8) is 0 Å². The normalized spacial score (nSPS) is 12.9. The van der Waals surface area contributed by atoms with Gasteiger partial charge in [0.2, 0.25) is 0 Å². The minimum absolute atomic E-state index is 0.134. The van der Waals surface area contributed by atoms with Crippen LogP contribution in [0.25, 0.3) is 10.9 Å². The highest BCUT2D eigenvalue weighted by Crippen LogP contribution is 2.37. The van der Waals surface area contributed by atoms with Crippen LogP contribution in [0, 0.1) is 0 Å². The summed E-state index contributed by atoms with van der Waals surface area (Å²) in [5.74, 6) is -0.134. The molecule has 0 saturated carbocycles. The molecular formula is C25H23N3O2. The molecular weight excluding hydrogens is 374 g/mol. The van der Waals surface area contributed by atoms with Crippen LogP contribution < -0.4 is 5.32 Å². The summed E-state index contributed by atoms with van der Waals surface area (Å²) in [7, 11) is 3.42. The molecule has 3 aromatic carbocycles. The Balaban J connectivity index is 1.95. The summed E-state index contributed by atoms with van der Waals surface area (Å²) in [4.78, 5) is 30.4. The highest BCUT2D eigenvalue weighted by atomic mass is 16.2. The van der Waals surface area contributed by atoms with Crippen LogP contribution in [0.1, 0.15) is 21.5 Å². The van der Waals surface area contributed by atoms with Crippen LogP contribution in [0.3, 0.4) is 0 Å². The van der Waals surface area contributed by atoms with Crippen molar-refractivity contribution in [1.29, 1.82) is 0 Å². The van der Waals surface area contributed by atoms with E-state index in [4.69, 9.17) is 0 Å². The van der Waals surface area contributed by atoms with Gasteiger partial charge < -0.3 is 15.2 Å². The molecule has 5 heteroatoms. The molecule has 0 aliphatic carbocycles. The number of nitrogens with zero attached hydrogens (tertiary/aromatic N) is 1. The number of H-pyrrole nitrogens is 1. The molecule has 1 unspecified atom stereocenters. The average molecular weight is 397 g/mol. The lowest BCUT2D eigenvalue weighted by Crippen LogP contribution is -2.39. The maximum atomic E-state index is 12.8. The molecule has 4 aromatic rings. The molecule has 1 amide bonds. The van der Waals surface area contributed by atoms with Gasteiger partial charge in [0.15, 0.2) is 6.29 Å². The first-order valence-electron chi connectivity index (χ1n) is 9.74. The fourth-order valence-electron chi connectivity index (χ4n) is 3.79. The number of carbonyl (C=O) groups is 2. The summed E-state index contributed by atoms with van der Waals surface area (Å²) >= 11 is 0. The van der Waals surface area contributed by atoms with Crippen LogP contribution in [-0.4, -0.2) is 36.2 Å². The third-order valence-electron chi connectivity index (χ3n) is 5.32. The first kappa shape index (κ1) is 19.5. The van der Waals surface area contributed by atoms with Crippen LogP contribution in [-0.2, 0) is 10.3 Å². The topological polar surface area (TPSA) is 65.2 Å². The van der Waals surface area contributed by atoms with Crippen molar-refractivity contribution in [2.45, 2.75) is 5.54 Å². The summed E-state index contributed by atoms with van der Waals surface area (Å²) in [5.41, 5.74) is 2.45. The summed E-state index contributed by atoms with van der Waals surface area (Å²) in [5, 5.41) is 4.36. The van der Waals surface area contributed by atoms with Crippen molar-refractivity contribution in [3.8, 4) is 0 Å². The Hall–Kier alpha value is -3.86. The first-order chi connectivity index (χ1) is 14.6. The molecule has 0 saturated heterocycles. The van der Waals surface area contributed by atoms with Gasteiger partial charge in [-0.05, 0) is 23.8 Å². The molecule has 0 aliphatic heterocycles. The molecule has 0 aliphatic rings. The standard InChI is InChI=1S/C25H23N3O2/c1-28(2)24(30)20-13-7-9-15-23(20)27-25(17-29,18-10-4-3-5-11-18)21-16-26-22-14-8-6-12-19(21)22/h3-17,26-27H,1-2H3. The largest absolute Gasteiger partial charge is 0.365 e. The summed E-state index contributed by atoms with van der Waals surface area (Å²) in [6.07, 6.45) is 2.77. The highest BCUT2D eigenvalue weighted by Gasteiger charge is 2.37. The van der Waals surface area contributed by atoms with Gasteiger partial charge in [-0.3, -0.25) is 9.59 Å². The fourth-order valence-corrected chi connectivity index (χ4v) is 3.79. The van der Waals surface area contributed by atoms with Gasteiger partial charge in [0.1, 0.15) is 5.54 Å². The van der Waals surface area contributed by atoms with Gasteiger partial charge in [-0.1, -0.05) is 60.7 Å². The van der Waals surface area contributed by atoms with Gasteiger partial charge in [-0.25, -0.2) is 0 Å². The third-order valence-corrected chi connectivity index (χ3v) is 5.32. The first-order valence-corrected chi connectivity index (χ1v) is 9.74. The van der Waals surface area contributed by atoms with Gasteiger partial charge in [-0.15, -0.1) is 0 Å². The Morgan fingerprint density at radius 3 is 2.33 bits per heavy atom. The van der Waals surface area contributed by atoms with E-state index in [1.54, 1.807) is 20.2 Å². The molecule has 0 spiro atoms. The molecule has 1 atom stereocenters. The number of hydrogen-bond acceptors (Lipinski definition) is 3. The number of hydrogen-bond donors (Lipinski definition) is 2.